The summed E-state index contributed by atoms with van der Waals surface area (Å²) in [5, 5.41) is 9.06. The summed E-state index contributed by atoms with van der Waals surface area (Å²) < 4.78 is 0. The molecule has 100 valence electrons. The standard InChI is InChI=1S/C13H20N2O3/c16-12(17)10-2-1-5-14(8-10)13(18)15-7-9-3-4-11(15)6-9/h9-11H,1-8H2,(H,16,17)/t9?,10-,11?/m1/s1. The molecule has 2 bridgehead atoms. The van der Waals surface area contributed by atoms with Crippen molar-refractivity contribution in [2.24, 2.45) is 11.8 Å². The lowest BCUT2D eigenvalue weighted by Gasteiger charge is -2.36. The molecule has 1 saturated carbocycles. The van der Waals surface area contributed by atoms with E-state index in [9.17, 15) is 9.59 Å². The van der Waals surface area contributed by atoms with Crippen molar-refractivity contribution in [3.05, 3.63) is 0 Å². The number of carbonyl (C=O) groups excluding carboxylic acids is 1. The Morgan fingerprint density at radius 2 is 1.94 bits per heavy atom. The zero-order valence-corrected chi connectivity index (χ0v) is 10.5. The minimum atomic E-state index is -0.768. The van der Waals surface area contributed by atoms with E-state index in [2.05, 4.69) is 0 Å². The number of amides is 2. The molecule has 0 radical (unpaired) electrons. The molecule has 0 aromatic carbocycles. The second-order valence-corrected chi connectivity index (χ2v) is 5.89. The lowest BCUT2D eigenvalue weighted by atomic mass is 9.98. The number of aliphatic carboxylic acids is 1. The molecule has 3 aliphatic rings. The van der Waals surface area contributed by atoms with Gasteiger partial charge < -0.3 is 14.9 Å². The molecule has 0 aromatic rings. The van der Waals surface area contributed by atoms with Crippen molar-refractivity contribution in [1.82, 2.24) is 9.80 Å². The zero-order chi connectivity index (χ0) is 12.7. The maximum atomic E-state index is 12.4. The molecule has 1 N–H and O–H groups in total. The van der Waals surface area contributed by atoms with Crippen LogP contribution in [0.15, 0.2) is 0 Å². The smallest absolute Gasteiger partial charge is 0.320 e. The fourth-order valence-electron chi connectivity index (χ4n) is 3.69. The van der Waals surface area contributed by atoms with Gasteiger partial charge in [0.2, 0.25) is 0 Å². The summed E-state index contributed by atoms with van der Waals surface area (Å²) in [4.78, 5) is 27.2. The van der Waals surface area contributed by atoms with Gasteiger partial charge in [-0.1, -0.05) is 0 Å². The van der Waals surface area contributed by atoms with Crippen LogP contribution >= 0.6 is 0 Å². The van der Waals surface area contributed by atoms with Gasteiger partial charge in [0.05, 0.1) is 5.92 Å². The van der Waals surface area contributed by atoms with E-state index < -0.39 is 5.97 Å². The Morgan fingerprint density at radius 1 is 1.11 bits per heavy atom. The lowest BCUT2D eigenvalue weighted by molar-refractivity contribution is -0.143. The topological polar surface area (TPSA) is 60.9 Å². The molecular weight excluding hydrogens is 232 g/mol. The van der Waals surface area contributed by atoms with Gasteiger partial charge in [-0.05, 0) is 38.0 Å². The molecule has 2 saturated heterocycles. The summed E-state index contributed by atoms with van der Waals surface area (Å²) in [6.07, 6.45) is 5.05. The summed E-state index contributed by atoms with van der Waals surface area (Å²) in [6, 6.07) is 0.501. The number of carbonyl (C=O) groups is 2. The van der Waals surface area contributed by atoms with Gasteiger partial charge in [-0.25, -0.2) is 4.79 Å². The van der Waals surface area contributed by atoms with Crippen molar-refractivity contribution in [2.45, 2.75) is 38.1 Å². The maximum absolute atomic E-state index is 12.4. The second-order valence-electron chi connectivity index (χ2n) is 5.89. The van der Waals surface area contributed by atoms with Gasteiger partial charge in [-0.15, -0.1) is 0 Å². The number of nitrogens with zero attached hydrogens (tertiary/aromatic N) is 2. The van der Waals surface area contributed by atoms with Crippen molar-refractivity contribution in [3.8, 4) is 0 Å². The third-order valence-electron chi connectivity index (χ3n) is 4.70. The van der Waals surface area contributed by atoms with E-state index in [1.807, 2.05) is 4.90 Å². The predicted octanol–water partition coefficient (Wildman–Crippen LogP) is 1.39. The zero-order valence-electron chi connectivity index (χ0n) is 10.5. The third-order valence-corrected chi connectivity index (χ3v) is 4.70. The van der Waals surface area contributed by atoms with Crippen molar-refractivity contribution < 1.29 is 14.7 Å². The van der Waals surface area contributed by atoms with Gasteiger partial charge in [0.1, 0.15) is 0 Å². The van der Waals surface area contributed by atoms with Crippen LogP contribution in [0, 0.1) is 11.8 Å². The van der Waals surface area contributed by atoms with Crippen LogP contribution in [0.4, 0.5) is 4.79 Å². The molecule has 3 rings (SSSR count). The van der Waals surface area contributed by atoms with Gasteiger partial charge in [0.25, 0.3) is 0 Å². The Morgan fingerprint density at radius 3 is 2.56 bits per heavy atom. The summed E-state index contributed by atoms with van der Waals surface area (Å²) in [5.41, 5.74) is 0. The largest absolute Gasteiger partial charge is 0.481 e. The first-order chi connectivity index (χ1) is 8.65. The van der Waals surface area contributed by atoms with Crippen LogP contribution in [-0.4, -0.2) is 52.6 Å². The first-order valence-electron chi connectivity index (χ1n) is 6.93. The molecule has 2 amide bonds. The number of hydrogen-bond donors (Lipinski definition) is 1. The molecule has 3 fully saturated rings. The van der Waals surface area contributed by atoms with Crippen LogP contribution in [0.5, 0.6) is 0 Å². The monoisotopic (exact) mass is 252 g/mol. The van der Waals surface area contributed by atoms with E-state index in [1.54, 1.807) is 4.90 Å². The second kappa shape index (κ2) is 4.44. The number of carboxylic acids is 1. The number of fused-ring (bicyclic) bond motifs is 2. The van der Waals surface area contributed by atoms with Crippen LogP contribution in [0.3, 0.4) is 0 Å². The van der Waals surface area contributed by atoms with Crippen LogP contribution in [0.1, 0.15) is 32.1 Å². The summed E-state index contributed by atoms with van der Waals surface area (Å²) in [5.74, 6) is -0.447. The molecule has 3 atom stereocenters. The van der Waals surface area contributed by atoms with Crippen LogP contribution in [-0.2, 0) is 4.79 Å². The Balaban J connectivity index is 1.64. The van der Waals surface area contributed by atoms with Crippen molar-refractivity contribution >= 4 is 12.0 Å². The molecular formula is C13H20N2O3. The van der Waals surface area contributed by atoms with Gasteiger partial charge in [0.15, 0.2) is 0 Å². The average Bonchev–Trinajstić information content (AvgIpc) is 3.00. The number of rotatable bonds is 1. The lowest BCUT2D eigenvalue weighted by Crippen LogP contribution is -2.50. The van der Waals surface area contributed by atoms with E-state index in [0.717, 1.165) is 32.4 Å². The van der Waals surface area contributed by atoms with E-state index >= 15 is 0 Å². The summed E-state index contributed by atoms with van der Waals surface area (Å²) >= 11 is 0. The number of carboxylic acid groups (broad SMARTS) is 1. The highest BCUT2D eigenvalue weighted by Crippen LogP contribution is 2.38. The molecule has 0 spiro atoms. The molecule has 2 heterocycles. The Bertz CT molecular complexity index is 371. The number of urea groups is 1. The molecule has 5 nitrogen and oxygen atoms in total. The SMILES string of the molecule is O=C(O)[C@@H]1CCCN(C(=O)N2CC3CCC2C3)C1. The van der Waals surface area contributed by atoms with E-state index in [0.29, 0.717) is 24.9 Å². The van der Waals surface area contributed by atoms with Crippen molar-refractivity contribution in [1.29, 1.82) is 0 Å². The summed E-state index contributed by atoms with van der Waals surface area (Å²) in [7, 11) is 0. The van der Waals surface area contributed by atoms with Gasteiger partial charge >= 0.3 is 12.0 Å². The predicted molar refractivity (Wildman–Crippen MR) is 65.2 cm³/mol. The fourth-order valence-corrected chi connectivity index (χ4v) is 3.69. The van der Waals surface area contributed by atoms with Crippen molar-refractivity contribution in [3.63, 3.8) is 0 Å². The number of likely N-dealkylation sites (tertiary alicyclic amines) is 2. The summed E-state index contributed by atoms with van der Waals surface area (Å²) in [6.45, 7) is 2.00. The van der Waals surface area contributed by atoms with Gasteiger partial charge in [0, 0.05) is 25.7 Å². The van der Waals surface area contributed by atoms with Gasteiger partial charge in [-0.2, -0.15) is 0 Å². The molecule has 1 aliphatic carbocycles. The minimum Gasteiger partial charge on any atom is -0.481 e. The fraction of sp³-hybridized carbons (Fsp3) is 0.846. The van der Waals surface area contributed by atoms with E-state index in [-0.39, 0.29) is 11.9 Å². The Hall–Kier alpha value is -1.26. The Labute approximate surface area is 107 Å². The van der Waals surface area contributed by atoms with E-state index in [1.165, 1.54) is 6.42 Å². The maximum Gasteiger partial charge on any atom is 0.320 e. The minimum absolute atomic E-state index is 0.0770. The average molecular weight is 252 g/mol. The van der Waals surface area contributed by atoms with Gasteiger partial charge in [-0.3, -0.25) is 4.79 Å². The molecule has 2 unspecified atom stereocenters. The van der Waals surface area contributed by atoms with Crippen LogP contribution < -0.4 is 0 Å². The molecule has 2 aliphatic heterocycles. The highest BCUT2D eigenvalue weighted by atomic mass is 16.4. The third kappa shape index (κ3) is 1.95. The molecule has 5 heteroatoms. The highest BCUT2D eigenvalue weighted by Gasteiger charge is 2.42. The molecule has 18 heavy (non-hydrogen) atoms. The molecule has 0 aromatic heterocycles. The highest BCUT2D eigenvalue weighted by molar-refractivity contribution is 5.77. The number of hydrogen-bond acceptors (Lipinski definition) is 2. The van der Waals surface area contributed by atoms with E-state index in [4.69, 9.17) is 5.11 Å². The first-order valence-corrected chi connectivity index (χ1v) is 6.93. The Kier molecular flexibility index (Phi) is 2.92. The first kappa shape index (κ1) is 11.8. The van der Waals surface area contributed by atoms with Crippen LogP contribution in [0.25, 0.3) is 0 Å². The quantitative estimate of drug-likeness (QED) is 0.767. The number of piperidine rings is 2. The normalized spacial score (nSPS) is 35.0. The van der Waals surface area contributed by atoms with Crippen LogP contribution in [0.2, 0.25) is 0 Å². The van der Waals surface area contributed by atoms with Crippen molar-refractivity contribution in [2.75, 3.05) is 19.6 Å².